The summed E-state index contributed by atoms with van der Waals surface area (Å²) in [6.07, 6.45) is 9.59. The third-order valence-electron chi connectivity index (χ3n) is 7.82. The molecule has 4 bridgehead atoms. The van der Waals surface area contributed by atoms with E-state index in [1.54, 1.807) is 15.6 Å². The molecule has 11 heteroatoms. The summed E-state index contributed by atoms with van der Waals surface area (Å²) in [5.41, 5.74) is -0.510. The predicted molar refractivity (Wildman–Crippen MR) is 128 cm³/mol. The summed E-state index contributed by atoms with van der Waals surface area (Å²) >= 11 is 0. The maximum Gasteiger partial charge on any atom is 0.320 e. The summed E-state index contributed by atoms with van der Waals surface area (Å²) in [5, 5.41) is 26.1. The SMILES string of the molecule is CCn1cc(NC(=O)c2nn(C34CC5CC(CC(C5)C3)C4)cc2[N+](=O)[O-])c(C(=O)NCC(C)C)n1. The van der Waals surface area contributed by atoms with E-state index in [1.807, 2.05) is 20.8 Å². The molecule has 4 aliphatic carbocycles. The third-order valence-corrected chi connectivity index (χ3v) is 7.82. The van der Waals surface area contributed by atoms with E-state index in [2.05, 4.69) is 20.8 Å². The molecule has 2 amide bonds. The van der Waals surface area contributed by atoms with Crippen LogP contribution in [0.3, 0.4) is 0 Å². The Bertz CT molecular complexity index is 1130. The topological polar surface area (TPSA) is 137 Å². The first-order chi connectivity index (χ1) is 16.7. The minimum atomic E-state index is -0.714. The molecule has 4 saturated carbocycles. The van der Waals surface area contributed by atoms with Gasteiger partial charge in [0.1, 0.15) is 6.20 Å². The second-order valence-electron chi connectivity index (χ2n) is 11.0. The molecule has 2 aromatic rings. The van der Waals surface area contributed by atoms with E-state index < -0.39 is 16.7 Å². The minimum Gasteiger partial charge on any atom is -0.350 e. The van der Waals surface area contributed by atoms with Crippen molar-refractivity contribution >= 4 is 23.2 Å². The number of aromatic nitrogens is 4. The molecule has 4 fully saturated rings. The minimum absolute atomic E-state index is 0.0732. The van der Waals surface area contributed by atoms with Crippen LogP contribution in [0.5, 0.6) is 0 Å². The number of aryl methyl sites for hydroxylation is 1. The maximum absolute atomic E-state index is 13.3. The number of carbonyl (C=O) groups excluding carboxylic acids is 2. The van der Waals surface area contributed by atoms with E-state index in [9.17, 15) is 19.7 Å². The molecule has 4 aliphatic rings. The van der Waals surface area contributed by atoms with Crippen molar-refractivity contribution in [3.63, 3.8) is 0 Å². The lowest BCUT2D eigenvalue weighted by Crippen LogP contribution is -2.52. The van der Waals surface area contributed by atoms with Crippen LogP contribution in [0.15, 0.2) is 12.4 Å². The highest BCUT2D eigenvalue weighted by atomic mass is 16.6. The number of amides is 2. The van der Waals surface area contributed by atoms with Crippen molar-refractivity contribution in [2.75, 3.05) is 11.9 Å². The third kappa shape index (κ3) is 4.32. The van der Waals surface area contributed by atoms with Crippen LogP contribution in [-0.2, 0) is 12.1 Å². The fourth-order valence-electron chi connectivity index (χ4n) is 6.65. The zero-order valence-electron chi connectivity index (χ0n) is 20.5. The van der Waals surface area contributed by atoms with Crippen molar-refractivity contribution in [3.05, 3.63) is 33.9 Å². The lowest BCUT2D eigenvalue weighted by atomic mass is 9.53. The molecule has 0 aromatic carbocycles. The van der Waals surface area contributed by atoms with Crippen molar-refractivity contribution in [3.8, 4) is 0 Å². The zero-order chi connectivity index (χ0) is 24.9. The monoisotopic (exact) mass is 483 g/mol. The summed E-state index contributed by atoms with van der Waals surface area (Å²) in [6, 6.07) is 0. The summed E-state index contributed by atoms with van der Waals surface area (Å²) in [7, 11) is 0. The van der Waals surface area contributed by atoms with Gasteiger partial charge in [0.05, 0.1) is 16.1 Å². The zero-order valence-corrected chi connectivity index (χ0v) is 20.5. The van der Waals surface area contributed by atoms with Gasteiger partial charge in [0.2, 0.25) is 5.69 Å². The molecular weight excluding hydrogens is 450 g/mol. The summed E-state index contributed by atoms with van der Waals surface area (Å²) < 4.78 is 3.26. The van der Waals surface area contributed by atoms with Gasteiger partial charge in [-0.25, -0.2) is 0 Å². The van der Waals surface area contributed by atoms with Crippen molar-refractivity contribution in [1.29, 1.82) is 0 Å². The number of nitrogens with zero attached hydrogens (tertiary/aromatic N) is 5. The van der Waals surface area contributed by atoms with Gasteiger partial charge in [0, 0.05) is 19.3 Å². The molecule has 0 atom stereocenters. The molecule has 6 rings (SSSR count). The van der Waals surface area contributed by atoms with E-state index >= 15 is 0 Å². The standard InChI is InChI=1S/C24H33N7O4/c1-4-29-12-18(20(27-29)22(32)25-11-14(2)3)26-23(33)21-19(31(34)35)13-30(28-21)24-8-15-5-16(9-24)7-17(6-15)10-24/h12-17H,4-11H2,1-3H3,(H,25,32)(H,26,33). The average molecular weight is 484 g/mol. The average Bonchev–Trinajstić information content (AvgIpc) is 3.42. The fraction of sp³-hybridized carbons (Fsp3) is 0.667. The summed E-state index contributed by atoms with van der Waals surface area (Å²) in [5.74, 6) is 1.03. The van der Waals surface area contributed by atoms with Crippen molar-refractivity contribution in [2.24, 2.45) is 23.7 Å². The van der Waals surface area contributed by atoms with E-state index in [0.717, 1.165) is 19.3 Å². The van der Waals surface area contributed by atoms with Crippen LogP contribution in [0.25, 0.3) is 0 Å². The van der Waals surface area contributed by atoms with Crippen LogP contribution in [0, 0.1) is 33.8 Å². The second kappa shape index (κ2) is 8.76. The smallest absolute Gasteiger partial charge is 0.320 e. The van der Waals surface area contributed by atoms with E-state index in [4.69, 9.17) is 0 Å². The molecule has 35 heavy (non-hydrogen) atoms. The van der Waals surface area contributed by atoms with E-state index in [0.29, 0.717) is 30.8 Å². The normalized spacial score (nSPS) is 26.8. The van der Waals surface area contributed by atoms with Gasteiger partial charge in [-0.2, -0.15) is 10.2 Å². The van der Waals surface area contributed by atoms with Crippen molar-refractivity contribution in [2.45, 2.75) is 71.4 Å². The second-order valence-corrected chi connectivity index (χ2v) is 11.0. The molecule has 0 unspecified atom stereocenters. The van der Waals surface area contributed by atoms with Gasteiger partial charge in [-0.1, -0.05) is 13.8 Å². The van der Waals surface area contributed by atoms with Crippen LogP contribution in [-0.4, -0.2) is 42.8 Å². The van der Waals surface area contributed by atoms with Crippen LogP contribution in [0.1, 0.15) is 80.3 Å². The molecule has 2 heterocycles. The molecular formula is C24H33N7O4. The molecule has 11 nitrogen and oxygen atoms in total. The van der Waals surface area contributed by atoms with Crippen LogP contribution < -0.4 is 10.6 Å². The first kappa shape index (κ1) is 23.5. The van der Waals surface area contributed by atoms with Gasteiger partial charge >= 0.3 is 5.69 Å². The highest BCUT2D eigenvalue weighted by Gasteiger charge is 2.53. The fourth-order valence-corrected chi connectivity index (χ4v) is 6.65. The molecule has 0 spiro atoms. The molecule has 0 aliphatic heterocycles. The first-order valence-corrected chi connectivity index (χ1v) is 12.6. The van der Waals surface area contributed by atoms with Gasteiger partial charge in [-0.05, 0) is 69.1 Å². The molecule has 0 radical (unpaired) electrons. The Labute approximate surface area is 203 Å². The Morgan fingerprint density at radius 2 is 1.71 bits per heavy atom. The van der Waals surface area contributed by atoms with Crippen LogP contribution in [0.2, 0.25) is 0 Å². The molecule has 2 N–H and O–H groups in total. The number of rotatable bonds is 8. The lowest BCUT2D eigenvalue weighted by Gasteiger charge is -2.56. The number of hydrogen-bond acceptors (Lipinski definition) is 6. The number of nitrogens with one attached hydrogen (secondary N) is 2. The van der Waals surface area contributed by atoms with Gasteiger partial charge < -0.3 is 10.6 Å². The summed E-state index contributed by atoms with van der Waals surface area (Å²) in [4.78, 5) is 37.3. The number of anilines is 1. The number of carbonyl (C=O) groups is 2. The Morgan fingerprint density at radius 1 is 1.09 bits per heavy atom. The van der Waals surface area contributed by atoms with Crippen LogP contribution in [0.4, 0.5) is 11.4 Å². The van der Waals surface area contributed by atoms with E-state index in [-0.39, 0.29) is 34.2 Å². The largest absolute Gasteiger partial charge is 0.350 e. The highest BCUT2D eigenvalue weighted by Crippen LogP contribution is 2.58. The van der Waals surface area contributed by atoms with Gasteiger partial charge in [0.25, 0.3) is 11.8 Å². The van der Waals surface area contributed by atoms with Gasteiger partial charge in [-0.3, -0.25) is 29.1 Å². The highest BCUT2D eigenvalue weighted by molar-refractivity contribution is 6.09. The Morgan fingerprint density at radius 3 is 2.26 bits per heavy atom. The van der Waals surface area contributed by atoms with Gasteiger partial charge in [0.15, 0.2) is 5.69 Å². The van der Waals surface area contributed by atoms with E-state index in [1.165, 1.54) is 25.5 Å². The predicted octanol–water partition coefficient (Wildman–Crippen LogP) is 3.57. The van der Waals surface area contributed by atoms with Crippen molar-refractivity contribution < 1.29 is 14.5 Å². The first-order valence-electron chi connectivity index (χ1n) is 12.6. The Hall–Kier alpha value is -3.24. The molecule has 188 valence electrons. The van der Waals surface area contributed by atoms with Crippen molar-refractivity contribution in [1.82, 2.24) is 24.9 Å². The Kier molecular flexibility index (Phi) is 5.88. The van der Waals surface area contributed by atoms with Crippen LogP contribution >= 0.6 is 0 Å². The maximum atomic E-state index is 13.3. The van der Waals surface area contributed by atoms with Gasteiger partial charge in [-0.15, -0.1) is 0 Å². The molecule has 0 saturated heterocycles. The quantitative estimate of drug-likeness (QED) is 0.435. The Balaban J connectivity index is 1.43. The molecule has 2 aromatic heterocycles. The lowest BCUT2D eigenvalue weighted by molar-refractivity contribution is -0.385. The summed E-state index contributed by atoms with van der Waals surface area (Å²) in [6.45, 7) is 6.79. The number of hydrogen-bond donors (Lipinski definition) is 2. The number of nitro groups is 1.